The van der Waals surface area contributed by atoms with Crippen molar-refractivity contribution in [3.8, 4) is 16.9 Å². The molecule has 0 spiro atoms. The van der Waals surface area contributed by atoms with Gasteiger partial charge in [0, 0.05) is 18.2 Å². The van der Waals surface area contributed by atoms with Crippen LogP contribution in [0.4, 0.5) is 5.69 Å². The van der Waals surface area contributed by atoms with E-state index >= 15 is 0 Å². The number of hydrogen-bond donors (Lipinski definition) is 2. The van der Waals surface area contributed by atoms with E-state index in [1.807, 2.05) is 30.3 Å². The minimum atomic E-state index is -0.966. The lowest BCUT2D eigenvalue weighted by molar-refractivity contribution is -0.991. The average molecular weight is 375 g/mol. The summed E-state index contributed by atoms with van der Waals surface area (Å²) in [5.74, 6) is 0.561. The molecule has 6 heteroatoms. The largest absolute Gasteiger partial charge is 0.595 e. The topological polar surface area (TPSA) is 87.2 Å². The number of nitrogens with one attached hydrogen (secondary N) is 1. The molecule has 28 heavy (non-hydrogen) atoms. The molecular weight excluding hydrogens is 358 g/mol. The van der Waals surface area contributed by atoms with Crippen molar-refractivity contribution >= 4 is 16.7 Å². The third-order valence-corrected chi connectivity index (χ3v) is 4.44. The highest BCUT2D eigenvalue weighted by molar-refractivity contribution is 5.82. The molecule has 3 aromatic carbocycles. The van der Waals surface area contributed by atoms with Gasteiger partial charge in [-0.3, -0.25) is 4.79 Å². The van der Waals surface area contributed by atoms with Crippen LogP contribution >= 0.6 is 0 Å². The predicted molar refractivity (Wildman–Crippen MR) is 104 cm³/mol. The lowest BCUT2D eigenvalue weighted by atomic mass is 10.1. The van der Waals surface area contributed by atoms with Crippen molar-refractivity contribution in [3.05, 3.63) is 100 Å². The maximum absolute atomic E-state index is 12.8. The first-order valence-corrected chi connectivity index (χ1v) is 8.68. The van der Waals surface area contributed by atoms with Gasteiger partial charge in [0.25, 0.3) is 0 Å². The third kappa shape index (κ3) is 3.65. The van der Waals surface area contributed by atoms with Gasteiger partial charge in [0.1, 0.15) is 24.2 Å². The van der Waals surface area contributed by atoms with Crippen LogP contribution < -0.4 is 15.4 Å². The maximum atomic E-state index is 12.8. The van der Waals surface area contributed by atoms with Gasteiger partial charge in [0.2, 0.25) is 0 Å². The first-order chi connectivity index (χ1) is 13.6. The number of rotatable bonds is 5. The summed E-state index contributed by atoms with van der Waals surface area (Å²) in [6, 6.07) is 20.9. The number of fused-ring (bicyclic) bond motifs is 1. The summed E-state index contributed by atoms with van der Waals surface area (Å²) >= 11 is 0. The van der Waals surface area contributed by atoms with Crippen LogP contribution in [0.25, 0.3) is 22.1 Å². The van der Waals surface area contributed by atoms with Gasteiger partial charge in [0.15, 0.2) is 11.1 Å². The molecule has 1 unspecified atom stereocenters. The Morgan fingerprint density at radius 2 is 1.75 bits per heavy atom. The molecule has 0 saturated carbocycles. The van der Waals surface area contributed by atoms with Crippen molar-refractivity contribution in [1.82, 2.24) is 0 Å². The molecule has 0 bridgehead atoms. The number of quaternary nitrogens is 1. The Hall–Kier alpha value is -3.45. The Labute approximate surface area is 160 Å². The molecular formula is C22H17NO5. The highest BCUT2D eigenvalue weighted by Crippen LogP contribution is 2.23. The lowest BCUT2D eigenvalue weighted by Crippen LogP contribution is -2.99. The minimum absolute atomic E-state index is 0.0942. The van der Waals surface area contributed by atoms with Crippen molar-refractivity contribution in [2.24, 2.45) is 0 Å². The molecule has 1 heterocycles. The fourth-order valence-electron chi connectivity index (χ4n) is 2.93. The molecule has 0 aliphatic carbocycles. The zero-order chi connectivity index (χ0) is 19.5. The normalized spacial score (nSPS) is 12.1. The Morgan fingerprint density at radius 1 is 1.00 bits per heavy atom. The third-order valence-electron chi connectivity index (χ3n) is 4.44. The molecule has 140 valence electrons. The SMILES string of the molecule is O=c1c(-c2ccccc2)coc2cc(OCc3ccc([NH+]([O-])O)cc3)ccc12. The minimum Gasteiger partial charge on any atom is -0.595 e. The Morgan fingerprint density at radius 3 is 2.46 bits per heavy atom. The molecule has 6 nitrogen and oxygen atoms in total. The Kier molecular flexibility index (Phi) is 4.90. The van der Waals surface area contributed by atoms with Crippen LogP contribution in [0.1, 0.15) is 5.56 Å². The van der Waals surface area contributed by atoms with Crippen LogP contribution in [0.2, 0.25) is 0 Å². The highest BCUT2D eigenvalue weighted by atomic mass is 16.8. The molecule has 0 aliphatic rings. The summed E-state index contributed by atoms with van der Waals surface area (Å²) in [7, 11) is 0. The summed E-state index contributed by atoms with van der Waals surface area (Å²) in [5.41, 5.74) is 2.74. The second-order valence-electron chi connectivity index (χ2n) is 6.29. The first-order valence-electron chi connectivity index (χ1n) is 8.68. The van der Waals surface area contributed by atoms with E-state index in [-0.39, 0.29) is 17.7 Å². The molecule has 1 atom stereocenters. The first kappa shape index (κ1) is 17.9. The van der Waals surface area contributed by atoms with Crippen molar-refractivity contribution in [2.75, 3.05) is 0 Å². The van der Waals surface area contributed by atoms with Gasteiger partial charge in [-0.25, -0.2) is 5.21 Å². The molecule has 0 amide bonds. The van der Waals surface area contributed by atoms with Gasteiger partial charge in [-0.15, -0.1) is 0 Å². The zero-order valence-corrected chi connectivity index (χ0v) is 14.8. The molecule has 2 N–H and O–H groups in total. The van der Waals surface area contributed by atoms with Gasteiger partial charge >= 0.3 is 0 Å². The smallest absolute Gasteiger partial charge is 0.200 e. The lowest BCUT2D eigenvalue weighted by Gasteiger charge is -2.12. The second-order valence-corrected chi connectivity index (χ2v) is 6.29. The van der Waals surface area contributed by atoms with Gasteiger partial charge in [-0.05, 0) is 35.4 Å². The zero-order valence-electron chi connectivity index (χ0n) is 14.8. The molecule has 0 saturated heterocycles. The fraction of sp³-hybridized carbons (Fsp3) is 0.0455. The summed E-state index contributed by atoms with van der Waals surface area (Å²) < 4.78 is 11.4. The molecule has 0 aliphatic heterocycles. The quantitative estimate of drug-likeness (QED) is 0.522. The molecule has 4 aromatic rings. The van der Waals surface area contributed by atoms with Gasteiger partial charge in [0.05, 0.1) is 10.9 Å². The van der Waals surface area contributed by atoms with Crippen molar-refractivity contribution < 1.29 is 19.6 Å². The van der Waals surface area contributed by atoms with Crippen LogP contribution in [-0.4, -0.2) is 5.21 Å². The van der Waals surface area contributed by atoms with Crippen molar-refractivity contribution in [3.63, 3.8) is 0 Å². The summed E-state index contributed by atoms with van der Waals surface area (Å²) in [6.45, 7) is 0.276. The van der Waals surface area contributed by atoms with E-state index in [1.54, 1.807) is 30.3 Å². The summed E-state index contributed by atoms with van der Waals surface area (Å²) in [4.78, 5) is 12.8. The van der Waals surface area contributed by atoms with Gasteiger partial charge < -0.3 is 14.4 Å². The number of benzene rings is 3. The van der Waals surface area contributed by atoms with E-state index in [2.05, 4.69) is 0 Å². The fourth-order valence-corrected chi connectivity index (χ4v) is 2.93. The average Bonchev–Trinajstić information content (AvgIpc) is 2.73. The molecule has 4 rings (SSSR count). The van der Waals surface area contributed by atoms with Crippen LogP contribution in [0.5, 0.6) is 5.75 Å². The Balaban J connectivity index is 1.56. The Bertz CT molecular complexity index is 1150. The van der Waals surface area contributed by atoms with Crippen LogP contribution in [0, 0.1) is 5.21 Å². The molecule has 1 aromatic heterocycles. The number of ether oxygens (including phenoxy) is 1. The van der Waals surface area contributed by atoms with E-state index in [1.165, 1.54) is 18.4 Å². The van der Waals surface area contributed by atoms with Gasteiger partial charge in [-0.2, -0.15) is 5.23 Å². The van der Waals surface area contributed by atoms with E-state index < -0.39 is 5.23 Å². The van der Waals surface area contributed by atoms with E-state index in [9.17, 15) is 10.0 Å². The van der Waals surface area contributed by atoms with E-state index in [4.69, 9.17) is 14.4 Å². The maximum Gasteiger partial charge on any atom is 0.200 e. The number of hydrogen-bond acceptors (Lipinski definition) is 5. The van der Waals surface area contributed by atoms with Crippen LogP contribution in [-0.2, 0) is 6.61 Å². The predicted octanol–water partition coefficient (Wildman–Crippen LogP) is 3.44. The monoisotopic (exact) mass is 375 g/mol. The molecule has 0 radical (unpaired) electrons. The van der Waals surface area contributed by atoms with E-state index in [0.29, 0.717) is 22.3 Å². The van der Waals surface area contributed by atoms with Crippen molar-refractivity contribution in [1.29, 1.82) is 0 Å². The highest BCUT2D eigenvalue weighted by Gasteiger charge is 2.10. The van der Waals surface area contributed by atoms with Gasteiger partial charge in [-0.1, -0.05) is 30.3 Å². The molecule has 0 fully saturated rings. The van der Waals surface area contributed by atoms with Crippen LogP contribution in [0.3, 0.4) is 0 Å². The van der Waals surface area contributed by atoms with Crippen molar-refractivity contribution in [2.45, 2.75) is 6.61 Å². The summed E-state index contributed by atoms with van der Waals surface area (Å²) in [6.07, 6.45) is 1.47. The van der Waals surface area contributed by atoms with E-state index in [0.717, 1.165) is 11.1 Å². The van der Waals surface area contributed by atoms with Crippen LogP contribution in [0.15, 0.2) is 88.3 Å². The standard InChI is InChI=1S/C22H17NO5/c24-22-19-11-10-18(27-13-15-6-8-17(9-7-15)23(25)26)12-21(19)28-14-20(22)16-4-2-1-3-5-16/h1-12,14,23,25H,13H2. The summed E-state index contributed by atoms with van der Waals surface area (Å²) in [5, 5.41) is 19.3. The second kappa shape index (κ2) is 7.66.